The SMILES string of the molecule is COCCCN(C)c1ncc(Br)cc1CNC(C)(C)C. The Morgan fingerprint density at radius 1 is 1.40 bits per heavy atom. The van der Waals surface area contributed by atoms with Crippen LogP contribution in [0.5, 0.6) is 0 Å². The van der Waals surface area contributed by atoms with Crippen LogP contribution in [0.1, 0.15) is 32.8 Å². The fourth-order valence-corrected chi connectivity index (χ4v) is 2.24. The van der Waals surface area contributed by atoms with E-state index in [2.05, 4.69) is 65.0 Å². The maximum Gasteiger partial charge on any atom is 0.132 e. The molecule has 0 aliphatic carbocycles. The first-order chi connectivity index (χ1) is 9.33. The molecule has 0 saturated carbocycles. The van der Waals surface area contributed by atoms with Gasteiger partial charge in [-0.05, 0) is 49.2 Å². The summed E-state index contributed by atoms with van der Waals surface area (Å²) >= 11 is 3.50. The van der Waals surface area contributed by atoms with Gasteiger partial charge in [0.15, 0.2) is 0 Å². The predicted octanol–water partition coefficient (Wildman–Crippen LogP) is 3.20. The molecule has 0 fully saturated rings. The molecular weight excluding hydrogens is 318 g/mol. The summed E-state index contributed by atoms with van der Waals surface area (Å²) in [6, 6.07) is 2.13. The molecule has 0 unspecified atom stereocenters. The van der Waals surface area contributed by atoms with E-state index in [-0.39, 0.29) is 5.54 Å². The van der Waals surface area contributed by atoms with Crippen LogP contribution in [0, 0.1) is 0 Å². The summed E-state index contributed by atoms with van der Waals surface area (Å²) in [6.07, 6.45) is 2.85. The van der Waals surface area contributed by atoms with Gasteiger partial charge < -0.3 is 15.0 Å². The first kappa shape index (κ1) is 17.4. The third-order valence-electron chi connectivity index (χ3n) is 2.92. The molecule has 1 rings (SSSR count). The highest BCUT2D eigenvalue weighted by Gasteiger charge is 2.13. The van der Waals surface area contributed by atoms with Crippen molar-refractivity contribution in [2.45, 2.75) is 39.3 Å². The van der Waals surface area contributed by atoms with Gasteiger partial charge in [-0.15, -0.1) is 0 Å². The number of rotatable bonds is 7. The highest BCUT2D eigenvalue weighted by molar-refractivity contribution is 9.10. The molecule has 114 valence electrons. The highest BCUT2D eigenvalue weighted by Crippen LogP contribution is 2.21. The Morgan fingerprint density at radius 3 is 2.70 bits per heavy atom. The number of nitrogens with zero attached hydrogens (tertiary/aromatic N) is 2. The van der Waals surface area contributed by atoms with Gasteiger partial charge in [-0.25, -0.2) is 4.98 Å². The van der Waals surface area contributed by atoms with Crippen molar-refractivity contribution in [2.24, 2.45) is 0 Å². The van der Waals surface area contributed by atoms with E-state index in [1.807, 2.05) is 6.20 Å². The molecular formula is C15H26BrN3O. The monoisotopic (exact) mass is 343 g/mol. The van der Waals surface area contributed by atoms with Crippen LogP contribution in [0.2, 0.25) is 0 Å². The minimum absolute atomic E-state index is 0.0915. The van der Waals surface area contributed by atoms with Gasteiger partial charge >= 0.3 is 0 Å². The van der Waals surface area contributed by atoms with Crippen LogP contribution in [0.3, 0.4) is 0 Å². The van der Waals surface area contributed by atoms with Crippen LogP contribution in [0.25, 0.3) is 0 Å². The van der Waals surface area contributed by atoms with E-state index in [9.17, 15) is 0 Å². The molecule has 1 heterocycles. The second-order valence-corrected chi connectivity index (χ2v) is 6.92. The van der Waals surface area contributed by atoms with Crippen LogP contribution in [0.4, 0.5) is 5.82 Å². The summed E-state index contributed by atoms with van der Waals surface area (Å²) in [5.41, 5.74) is 1.29. The first-order valence-corrected chi connectivity index (χ1v) is 7.72. The third-order valence-corrected chi connectivity index (χ3v) is 3.36. The van der Waals surface area contributed by atoms with Crippen LogP contribution < -0.4 is 10.2 Å². The van der Waals surface area contributed by atoms with E-state index in [1.165, 1.54) is 5.56 Å². The van der Waals surface area contributed by atoms with Crippen molar-refractivity contribution in [2.75, 3.05) is 32.2 Å². The summed E-state index contributed by atoms with van der Waals surface area (Å²) < 4.78 is 6.11. The normalized spacial score (nSPS) is 11.7. The molecule has 0 amide bonds. The third kappa shape index (κ3) is 6.20. The summed E-state index contributed by atoms with van der Waals surface area (Å²) in [5.74, 6) is 1.03. The number of hydrogen-bond donors (Lipinski definition) is 1. The van der Waals surface area contributed by atoms with Gasteiger partial charge in [-0.3, -0.25) is 0 Å². The zero-order valence-corrected chi connectivity index (χ0v) is 14.7. The fourth-order valence-electron chi connectivity index (χ4n) is 1.86. The zero-order valence-electron chi connectivity index (χ0n) is 13.2. The van der Waals surface area contributed by atoms with E-state index >= 15 is 0 Å². The quantitative estimate of drug-likeness (QED) is 0.771. The van der Waals surface area contributed by atoms with Crippen LogP contribution in [-0.4, -0.2) is 37.8 Å². The van der Waals surface area contributed by atoms with Gasteiger partial charge in [0.2, 0.25) is 0 Å². The molecule has 0 radical (unpaired) electrons. The Hall–Kier alpha value is -0.650. The summed E-state index contributed by atoms with van der Waals surface area (Å²) in [6.45, 7) is 9.02. The molecule has 20 heavy (non-hydrogen) atoms. The van der Waals surface area contributed by atoms with E-state index in [0.29, 0.717) is 0 Å². The first-order valence-electron chi connectivity index (χ1n) is 6.93. The predicted molar refractivity (Wildman–Crippen MR) is 88.3 cm³/mol. The van der Waals surface area contributed by atoms with Crippen LogP contribution >= 0.6 is 15.9 Å². The zero-order chi connectivity index (χ0) is 15.2. The molecule has 0 saturated heterocycles. The molecule has 0 bridgehead atoms. The number of nitrogens with one attached hydrogen (secondary N) is 1. The molecule has 4 nitrogen and oxygen atoms in total. The van der Waals surface area contributed by atoms with Crippen molar-refractivity contribution in [1.29, 1.82) is 0 Å². The lowest BCUT2D eigenvalue weighted by molar-refractivity contribution is 0.196. The summed E-state index contributed by atoms with van der Waals surface area (Å²) in [4.78, 5) is 6.74. The fraction of sp³-hybridized carbons (Fsp3) is 0.667. The van der Waals surface area contributed by atoms with Gasteiger partial charge in [0.1, 0.15) is 5.82 Å². The lowest BCUT2D eigenvalue weighted by Gasteiger charge is -2.25. The Balaban J connectivity index is 2.78. The van der Waals surface area contributed by atoms with Gasteiger partial charge in [0.05, 0.1) is 0 Å². The number of aromatic nitrogens is 1. The molecule has 0 spiro atoms. The average Bonchev–Trinajstić information content (AvgIpc) is 2.35. The van der Waals surface area contributed by atoms with Crippen molar-refractivity contribution >= 4 is 21.7 Å². The summed E-state index contributed by atoms with van der Waals surface area (Å²) in [5, 5.41) is 3.52. The molecule has 0 aromatic carbocycles. The molecule has 0 aliphatic rings. The van der Waals surface area contributed by atoms with Crippen molar-refractivity contribution in [1.82, 2.24) is 10.3 Å². The number of pyridine rings is 1. The van der Waals surface area contributed by atoms with E-state index in [0.717, 1.165) is 36.4 Å². The van der Waals surface area contributed by atoms with Gasteiger partial charge in [-0.1, -0.05) is 0 Å². The molecule has 0 atom stereocenters. The van der Waals surface area contributed by atoms with Crippen molar-refractivity contribution < 1.29 is 4.74 Å². The lowest BCUT2D eigenvalue weighted by atomic mass is 10.1. The molecule has 1 aromatic heterocycles. The lowest BCUT2D eigenvalue weighted by Crippen LogP contribution is -2.35. The van der Waals surface area contributed by atoms with E-state index < -0.39 is 0 Å². The Bertz CT molecular complexity index is 418. The molecule has 1 N–H and O–H groups in total. The van der Waals surface area contributed by atoms with Crippen LogP contribution in [0.15, 0.2) is 16.7 Å². The van der Waals surface area contributed by atoms with Gasteiger partial charge in [-0.2, -0.15) is 0 Å². The standard InChI is InChI=1S/C15H26BrN3O/c1-15(2,3)18-10-12-9-13(16)11-17-14(12)19(4)7-6-8-20-5/h9,11,18H,6-8,10H2,1-5H3. The largest absolute Gasteiger partial charge is 0.385 e. The molecule has 5 heteroatoms. The van der Waals surface area contributed by atoms with Crippen molar-refractivity contribution in [3.63, 3.8) is 0 Å². The van der Waals surface area contributed by atoms with Gasteiger partial charge in [0, 0.05) is 55.6 Å². The Kier molecular flexibility index (Phi) is 6.92. The summed E-state index contributed by atoms with van der Waals surface area (Å²) in [7, 11) is 3.81. The van der Waals surface area contributed by atoms with Crippen LogP contribution in [-0.2, 0) is 11.3 Å². The topological polar surface area (TPSA) is 37.4 Å². The molecule has 0 aliphatic heterocycles. The van der Waals surface area contributed by atoms with Crippen molar-refractivity contribution in [3.05, 3.63) is 22.3 Å². The second-order valence-electron chi connectivity index (χ2n) is 6.01. The maximum atomic E-state index is 5.10. The smallest absolute Gasteiger partial charge is 0.132 e. The Labute approximate surface area is 131 Å². The average molecular weight is 344 g/mol. The number of anilines is 1. The maximum absolute atomic E-state index is 5.10. The number of halogens is 1. The van der Waals surface area contributed by atoms with E-state index in [1.54, 1.807) is 7.11 Å². The minimum atomic E-state index is 0.0915. The minimum Gasteiger partial charge on any atom is -0.385 e. The number of ether oxygens (including phenoxy) is 1. The molecule has 1 aromatic rings. The second kappa shape index (κ2) is 7.96. The van der Waals surface area contributed by atoms with E-state index in [4.69, 9.17) is 4.74 Å². The van der Waals surface area contributed by atoms with Crippen molar-refractivity contribution in [3.8, 4) is 0 Å². The van der Waals surface area contributed by atoms with Gasteiger partial charge in [0.25, 0.3) is 0 Å². The number of methoxy groups -OCH3 is 1. The number of hydrogen-bond acceptors (Lipinski definition) is 4. The highest BCUT2D eigenvalue weighted by atomic mass is 79.9. The Morgan fingerprint density at radius 2 is 2.10 bits per heavy atom.